The monoisotopic (exact) mass is 915 g/mol. The van der Waals surface area contributed by atoms with E-state index in [9.17, 15) is 44.6 Å². The lowest BCUT2D eigenvalue weighted by Crippen LogP contribution is -2.64. The molecule has 63 heavy (non-hydrogen) atoms. The van der Waals surface area contributed by atoms with E-state index >= 15 is 0 Å². The van der Waals surface area contributed by atoms with Gasteiger partial charge >= 0.3 is 19.8 Å². The van der Waals surface area contributed by atoms with Crippen LogP contribution in [0.3, 0.4) is 0 Å². The zero-order chi connectivity index (χ0) is 46.4. The number of aliphatic hydroxyl groups is 5. The molecule has 6 N–H and O–H groups in total. The minimum Gasteiger partial charge on any atom is -0.462 e. The number of unbranched alkanes of at least 4 members (excludes halogenated alkanes) is 20. The van der Waals surface area contributed by atoms with Crippen molar-refractivity contribution < 1.29 is 63.1 Å². The van der Waals surface area contributed by atoms with Gasteiger partial charge in [-0.25, -0.2) is 4.57 Å². The van der Waals surface area contributed by atoms with Crippen molar-refractivity contribution in [2.45, 2.75) is 236 Å². The highest BCUT2D eigenvalue weighted by molar-refractivity contribution is 7.47. The first kappa shape index (κ1) is 58.8. The normalized spacial score (nSPS) is 22.1. The lowest BCUT2D eigenvalue weighted by molar-refractivity contribution is -0.220. The quantitative estimate of drug-likeness (QED) is 0.0147. The number of hydrogen-bond donors (Lipinski definition) is 6. The number of phosphoric ester groups is 1. The number of hydrogen-bond acceptors (Lipinski definition) is 12. The maximum absolute atomic E-state index is 12.8. The third-order valence-electron chi connectivity index (χ3n) is 11.2. The van der Waals surface area contributed by atoms with Crippen LogP contribution in [0, 0.1) is 0 Å². The summed E-state index contributed by atoms with van der Waals surface area (Å²) in [5.74, 6) is -1.13. The van der Waals surface area contributed by atoms with Crippen LogP contribution < -0.4 is 0 Å². The fraction of sp³-hybridized carbons (Fsp3) is 0.796. The van der Waals surface area contributed by atoms with Gasteiger partial charge in [0.2, 0.25) is 0 Å². The molecule has 6 atom stereocenters. The molecule has 1 aliphatic rings. The van der Waals surface area contributed by atoms with E-state index in [-0.39, 0.29) is 12.8 Å². The van der Waals surface area contributed by atoms with Gasteiger partial charge in [-0.15, -0.1) is 0 Å². The van der Waals surface area contributed by atoms with E-state index in [1.54, 1.807) is 0 Å². The summed E-state index contributed by atoms with van der Waals surface area (Å²) in [4.78, 5) is 35.7. The minimum atomic E-state index is -5.13. The van der Waals surface area contributed by atoms with Gasteiger partial charge in [0, 0.05) is 12.8 Å². The minimum absolute atomic E-state index is 0.0596. The van der Waals surface area contributed by atoms with Crippen LogP contribution >= 0.6 is 7.82 Å². The predicted octanol–water partition coefficient (Wildman–Crippen LogP) is 9.95. The average molecular weight is 915 g/mol. The molecule has 1 saturated carbocycles. The number of aliphatic hydroxyl groups excluding tert-OH is 5. The molecule has 1 rings (SSSR count). The first-order chi connectivity index (χ1) is 30.4. The van der Waals surface area contributed by atoms with E-state index in [2.05, 4.69) is 62.5 Å². The number of allylic oxidation sites excluding steroid dienone is 8. The molecule has 6 unspecified atom stereocenters. The molecule has 0 aliphatic heterocycles. The van der Waals surface area contributed by atoms with Crippen molar-refractivity contribution in [2.75, 3.05) is 13.2 Å². The largest absolute Gasteiger partial charge is 0.472 e. The lowest BCUT2D eigenvalue weighted by Gasteiger charge is -2.41. The first-order valence-electron chi connectivity index (χ1n) is 24.4. The Morgan fingerprint density at radius 1 is 0.492 bits per heavy atom. The van der Waals surface area contributed by atoms with Crippen LogP contribution in [0.1, 0.15) is 194 Å². The van der Waals surface area contributed by atoms with Crippen LogP contribution in [0.25, 0.3) is 0 Å². The summed E-state index contributed by atoms with van der Waals surface area (Å²) in [5, 5.41) is 50.2. The SMILES string of the molecule is CCCCCC=CCC=CCC=CCC=CCCCCCC(=O)OC(COC(=O)CCCCCCCCCCCCCCCCC)COP(=O)(O)OC1C(O)C(O)C(O)C(O)C1O. The summed E-state index contributed by atoms with van der Waals surface area (Å²) in [6.07, 6.45) is 33.0. The molecule has 13 nitrogen and oxygen atoms in total. The predicted molar refractivity (Wildman–Crippen MR) is 249 cm³/mol. The third kappa shape index (κ3) is 31.4. The second-order valence-electron chi connectivity index (χ2n) is 17.0. The van der Waals surface area contributed by atoms with Gasteiger partial charge in [-0.05, 0) is 57.8 Å². The van der Waals surface area contributed by atoms with Crippen molar-refractivity contribution in [3.8, 4) is 0 Å². The number of carbonyl (C=O) groups excluding carboxylic acids is 2. The van der Waals surface area contributed by atoms with Crippen molar-refractivity contribution in [1.29, 1.82) is 0 Å². The van der Waals surface area contributed by atoms with Crippen LogP contribution in [0.4, 0.5) is 0 Å². The summed E-state index contributed by atoms with van der Waals surface area (Å²) < 4.78 is 33.5. The summed E-state index contributed by atoms with van der Waals surface area (Å²) >= 11 is 0. The Hall–Kier alpha value is -2.19. The molecule has 0 aromatic heterocycles. The molecule has 1 aliphatic carbocycles. The lowest BCUT2D eigenvalue weighted by atomic mass is 9.85. The van der Waals surface area contributed by atoms with Gasteiger partial charge in [-0.3, -0.25) is 18.6 Å². The molecule has 14 heteroatoms. The maximum atomic E-state index is 12.8. The molecule has 0 aromatic carbocycles. The molecule has 0 aromatic rings. The number of rotatable bonds is 40. The van der Waals surface area contributed by atoms with Crippen molar-refractivity contribution in [3.63, 3.8) is 0 Å². The Labute approximate surface area is 380 Å². The number of phosphoric acid groups is 1. The maximum Gasteiger partial charge on any atom is 0.472 e. The number of esters is 2. The van der Waals surface area contributed by atoms with Crippen molar-refractivity contribution in [2.24, 2.45) is 0 Å². The molecular formula is C49H87O13P. The highest BCUT2D eigenvalue weighted by Crippen LogP contribution is 2.47. The van der Waals surface area contributed by atoms with Gasteiger partial charge in [-0.2, -0.15) is 0 Å². The fourth-order valence-electron chi connectivity index (χ4n) is 7.21. The Morgan fingerprint density at radius 2 is 0.857 bits per heavy atom. The Kier molecular flexibility index (Phi) is 36.4. The van der Waals surface area contributed by atoms with E-state index in [0.717, 1.165) is 64.2 Å². The van der Waals surface area contributed by atoms with Crippen LogP contribution in [0.15, 0.2) is 48.6 Å². The molecule has 366 valence electrons. The van der Waals surface area contributed by atoms with E-state index < -0.39 is 75.7 Å². The summed E-state index contributed by atoms with van der Waals surface area (Å²) in [6.45, 7) is 3.26. The Bertz CT molecular complexity index is 1290. The second kappa shape index (κ2) is 39.0. The second-order valence-corrected chi connectivity index (χ2v) is 18.4. The van der Waals surface area contributed by atoms with Gasteiger partial charge < -0.3 is 39.9 Å². The standard InChI is InChI=1S/C49H87O13P/c1-3-5-7-9-11-13-15-17-19-20-21-22-24-26-28-30-32-34-36-38-43(51)61-41(40-60-63(57,58)62-49-47(55)45(53)44(52)46(54)48(49)56)39-59-42(50)37-35-33-31-29-27-25-23-18-16-14-12-10-8-6-4-2/h11,13,17,19,21-22,26,28,41,44-49,52-56H,3-10,12,14-16,18,20,23-25,27,29-40H2,1-2H3,(H,57,58). The number of ether oxygens (including phenoxy) is 2. The summed E-state index contributed by atoms with van der Waals surface area (Å²) in [6, 6.07) is 0. The highest BCUT2D eigenvalue weighted by atomic mass is 31.2. The molecular weight excluding hydrogens is 828 g/mol. The van der Waals surface area contributed by atoms with Crippen molar-refractivity contribution in [1.82, 2.24) is 0 Å². The molecule has 0 radical (unpaired) electrons. The van der Waals surface area contributed by atoms with Gasteiger partial charge in [0.05, 0.1) is 6.61 Å². The Balaban J connectivity index is 2.46. The fourth-order valence-corrected chi connectivity index (χ4v) is 8.18. The van der Waals surface area contributed by atoms with E-state index in [1.165, 1.54) is 89.9 Å². The van der Waals surface area contributed by atoms with Gasteiger partial charge in [0.25, 0.3) is 0 Å². The van der Waals surface area contributed by atoms with Crippen LogP contribution in [0.5, 0.6) is 0 Å². The smallest absolute Gasteiger partial charge is 0.462 e. The van der Waals surface area contributed by atoms with Gasteiger partial charge in [0.15, 0.2) is 6.10 Å². The van der Waals surface area contributed by atoms with Crippen LogP contribution in [-0.4, -0.2) is 98.3 Å². The summed E-state index contributed by atoms with van der Waals surface area (Å²) in [7, 11) is -5.13. The molecule has 0 saturated heterocycles. The van der Waals surface area contributed by atoms with Crippen LogP contribution in [0.2, 0.25) is 0 Å². The highest BCUT2D eigenvalue weighted by Gasteiger charge is 2.51. The molecule has 0 bridgehead atoms. The zero-order valence-corrected chi connectivity index (χ0v) is 39.8. The first-order valence-corrected chi connectivity index (χ1v) is 25.9. The molecule has 0 amide bonds. The van der Waals surface area contributed by atoms with Crippen LogP contribution in [-0.2, 0) is 32.7 Å². The molecule has 0 heterocycles. The topological polar surface area (TPSA) is 210 Å². The van der Waals surface area contributed by atoms with E-state index in [0.29, 0.717) is 12.8 Å². The zero-order valence-electron chi connectivity index (χ0n) is 38.9. The third-order valence-corrected chi connectivity index (χ3v) is 12.2. The summed E-state index contributed by atoms with van der Waals surface area (Å²) in [5.41, 5.74) is 0. The van der Waals surface area contributed by atoms with E-state index in [4.69, 9.17) is 18.5 Å². The number of carbonyl (C=O) groups is 2. The Morgan fingerprint density at radius 3 is 1.33 bits per heavy atom. The van der Waals surface area contributed by atoms with Gasteiger partial charge in [-0.1, -0.05) is 172 Å². The molecule has 0 spiro atoms. The molecule has 1 fully saturated rings. The van der Waals surface area contributed by atoms with Gasteiger partial charge in [0.1, 0.15) is 43.2 Å². The van der Waals surface area contributed by atoms with Crippen molar-refractivity contribution >= 4 is 19.8 Å². The average Bonchev–Trinajstić information content (AvgIpc) is 3.26. The van der Waals surface area contributed by atoms with E-state index in [1.807, 2.05) is 0 Å². The van der Waals surface area contributed by atoms with Crippen molar-refractivity contribution in [3.05, 3.63) is 48.6 Å².